The average Bonchev–Trinajstić information content (AvgIpc) is 0.773. The third-order valence-electron chi connectivity index (χ3n) is 20.3. The Morgan fingerprint density at radius 1 is 0.723 bits per heavy atom. The zero-order valence-electron chi connectivity index (χ0n) is 65.1. The molecule has 12 rings (SSSR count). The predicted molar refractivity (Wildman–Crippen MR) is 429 cm³/mol. The number of aliphatic carboxylic acids is 1. The molecule has 7 amide bonds. The molecule has 7 aromatic carbocycles. The van der Waals surface area contributed by atoms with E-state index in [1.54, 1.807) is 26.0 Å². The van der Waals surface area contributed by atoms with Crippen LogP contribution in [0.1, 0.15) is 112 Å². The second kappa shape index (κ2) is 39.6. The molecule has 2 saturated heterocycles. The number of aromatic hydroxyl groups is 3. The van der Waals surface area contributed by atoms with Crippen LogP contribution < -0.4 is 62.5 Å². The minimum absolute atomic E-state index is 0.0589. The number of nitrogens with two attached hydrogens (primary N) is 1. The van der Waals surface area contributed by atoms with Crippen LogP contribution in [-0.4, -0.2) is 193 Å². The summed E-state index contributed by atoms with van der Waals surface area (Å²) < 4.78 is 39.0. The van der Waals surface area contributed by atoms with Crippen LogP contribution in [0.2, 0.25) is 15.1 Å². The van der Waals surface area contributed by atoms with Crippen LogP contribution in [0.3, 0.4) is 0 Å². The second-order valence-electron chi connectivity index (χ2n) is 29.4. The Kier molecular flexibility index (Phi) is 30.0. The van der Waals surface area contributed by atoms with Crippen LogP contribution in [0, 0.1) is 5.92 Å². The lowest BCUT2D eigenvalue weighted by molar-refractivity contribution is -0.331. The lowest BCUT2D eigenvalue weighted by atomic mass is 9.84. The monoisotopic (exact) mass is 1700 g/mol. The lowest BCUT2D eigenvalue weighted by Gasteiger charge is -2.48. The van der Waals surface area contributed by atoms with Crippen LogP contribution in [0.15, 0.2) is 139 Å². The first-order valence-electron chi connectivity index (χ1n) is 37.5. The number of phenolic OH excluding ortho intramolecular Hbond substituents is 3. The van der Waals surface area contributed by atoms with Gasteiger partial charge >= 0.3 is 5.97 Å². The van der Waals surface area contributed by atoms with Crippen molar-refractivity contribution in [2.45, 2.75) is 170 Å². The number of nitrogens with one attached hydrogen (secondary N) is 8. The standard InChI is InChI=1S/C81H91Cl3N12O23/c1-36(2)25-51(87-6)75(108)95-67-68(103)44-19-24-57(50(84)28-44)116-59-10-8-9-58(71(59)119-80-72(70(105)69(104)60(117-80)35-90-96-86)118-63-33-81(5,73(106)38(4)114-63)89-34-39-11-13-40(14-12-39)41-15-20-45(82)21-16-41)115-56-23-18-42(27-49(56)83)54(99)32-62(102)93-66(79(112)113)48-29-46(97)30-55(100)64(48)47-26-43(17-22-53(47)98)65(77(110)88-7)94-74(107)37(3)91-76(109)52(31-61(85)101)92-78(67)111/h8-24,26-30,36-38,51-52,54,60,63,65-70,72-73,80,87,89,97-100,103-106H,25,31-35H2,1-7H3,(H2,85,101)(H,88,110)(H,91,109)(H,92,111)(H,93,102)(H,94,107)(H,95,108)(H,112,113)/t37?,38?,51?,52-,54?,60?,63?,65?,66-,67?,68?,69?,70?,72?,73?,80?,81?/m0/s1. The fraction of sp³-hybridized carbons (Fsp3) is 0.383. The maximum Gasteiger partial charge on any atom is 0.330 e. The van der Waals surface area contributed by atoms with Gasteiger partial charge in [0.05, 0.1) is 59.9 Å². The number of aliphatic hydroxyl groups excluding tert-OH is 5. The van der Waals surface area contributed by atoms with E-state index in [1.165, 1.54) is 62.6 Å². The number of likely N-dealkylation sites (N-methyl/N-ethyl adjacent to an activating group) is 2. The van der Waals surface area contributed by atoms with Crippen molar-refractivity contribution < 1.29 is 113 Å². The van der Waals surface area contributed by atoms with Crippen molar-refractivity contribution in [1.29, 1.82) is 0 Å². The quantitative estimate of drug-likeness (QED) is 0.0232. The Bertz CT molecular complexity index is 4950. The summed E-state index contributed by atoms with van der Waals surface area (Å²) in [5, 5.41) is 129. The van der Waals surface area contributed by atoms with Gasteiger partial charge in [-0.25, -0.2) is 4.79 Å². The van der Waals surface area contributed by atoms with Gasteiger partial charge in [-0.2, -0.15) is 0 Å². The highest BCUT2D eigenvalue weighted by atomic mass is 35.5. The molecule has 19 N–H and O–H groups in total. The van der Waals surface area contributed by atoms with Crippen molar-refractivity contribution in [2.75, 3.05) is 20.6 Å². The van der Waals surface area contributed by atoms with E-state index in [0.29, 0.717) is 5.02 Å². The molecule has 8 bridgehead atoms. The number of carbonyl (C=O) groups is 8. The number of nitrogens with zero attached hydrogens (tertiary/aromatic N) is 3. The van der Waals surface area contributed by atoms with Gasteiger partial charge in [0.15, 0.2) is 29.9 Å². The van der Waals surface area contributed by atoms with Gasteiger partial charge in [0.25, 0.3) is 0 Å². The molecule has 2 fully saturated rings. The number of halogens is 3. The molecule has 0 saturated carbocycles. The second-order valence-corrected chi connectivity index (χ2v) is 30.7. The minimum atomic E-state index is -2.21. The van der Waals surface area contributed by atoms with Crippen molar-refractivity contribution in [1.82, 2.24) is 42.5 Å². The fourth-order valence-electron chi connectivity index (χ4n) is 13.9. The summed E-state index contributed by atoms with van der Waals surface area (Å²) in [4.78, 5) is 114. The van der Waals surface area contributed by atoms with E-state index in [9.17, 15) is 89.8 Å². The van der Waals surface area contributed by atoms with E-state index in [1.807, 2.05) is 50.2 Å². The summed E-state index contributed by atoms with van der Waals surface area (Å²) in [6, 6.07) is 20.7. The fourth-order valence-corrected chi connectivity index (χ4v) is 14.4. The Balaban J connectivity index is 1.06. The number of azide groups is 1. The van der Waals surface area contributed by atoms with Crippen LogP contribution in [0.4, 0.5) is 0 Å². The van der Waals surface area contributed by atoms with Crippen LogP contribution in [-0.2, 0) is 59.1 Å². The van der Waals surface area contributed by atoms with E-state index in [2.05, 4.69) is 52.6 Å². The molecule has 5 aliphatic heterocycles. The Hall–Kier alpha value is -11.1. The minimum Gasteiger partial charge on any atom is -0.508 e. The highest BCUT2D eigenvalue weighted by Gasteiger charge is 2.52. The van der Waals surface area contributed by atoms with Gasteiger partial charge < -0.3 is 123 Å². The number of aliphatic hydroxyl groups is 5. The predicted octanol–water partition coefficient (Wildman–Crippen LogP) is 6.55. The van der Waals surface area contributed by atoms with E-state index in [0.717, 1.165) is 60.0 Å². The zero-order valence-corrected chi connectivity index (χ0v) is 67.3. The van der Waals surface area contributed by atoms with Crippen LogP contribution in [0.25, 0.3) is 32.7 Å². The van der Waals surface area contributed by atoms with Crippen molar-refractivity contribution in [3.63, 3.8) is 0 Å². The van der Waals surface area contributed by atoms with Crippen molar-refractivity contribution in [3.05, 3.63) is 187 Å². The maximum atomic E-state index is 14.9. The number of phenols is 3. The number of hydrogen-bond acceptors (Lipinski definition) is 25. The number of hydrogen-bond donors (Lipinski definition) is 18. The number of fused-ring (bicyclic) bond motifs is 2. The van der Waals surface area contributed by atoms with Gasteiger partial charge in [-0.3, -0.25) is 33.6 Å². The topological polar surface area (TPSA) is 545 Å². The average molecular weight is 1710 g/mol. The highest BCUT2D eigenvalue weighted by Crippen LogP contribution is 2.48. The number of carboxylic acids is 1. The molecule has 15 unspecified atom stereocenters. The summed E-state index contributed by atoms with van der Waals surface area (Å²) >= 11 is 20.2. The number of carbonyl (C=O) groups excluding carboxylic acids is 7. The van der Waals surface area contributed by atoms with Gasteiger partial charge in [-0.05, 0) is 146 Å². The van der Waals surface area contributed by atoms with E-state index < -0.39 is 210 Å². The smallest absolute Gasteiger partial charge is 0.330 e. The SMILES string of the molecule is CNC(=O)C1NC(=O)C(C)NC(=O)[C@H](CC(N)=O)NC(=O)C(NC(=O)C(CC(C)C)NC)C(O)c2ccc(c(Cl)c2)Oc2cccc(c2OC2OC(CN=[N+]=[N-])C(O)C(O)C2OC2CC(C)(NCc3ccc(-c4ccc(Cl)cc4)cc3)C(O)C(C)O2)Oc2ccc(cc2Cl)C(O)CC(=O)N[C@H](C(=O)O)c2cc(O)cc(O)c2-c2cc1ccc2O. The molecular weight excluding hydrogens is 1620 g/mol. The number of rotatable bonds is 19. The zero-order chi connectivity index (χ0) is 86.6. The maximum absolute atomic E-state index is 14.9. The molecule has 0 spiro atoms. The van der Waals surface area contributed by atoms with Gasteiger partial charge in [-0.15, -0.1) is 0 Å². The molecule has 0 aliphatic carbocycles. The third-order valence-corrected chi connectivity index (χ3v) is 21.1. The summed E-state index contributed by atoms with van der Waals surface area (Å²) in [5.41, 5.74) is 14.7. The summed E-state index contributed by atoms with van der Waals surface area (Å²) in [7, 11) is 2.67. The Morgan fingerprint density at radius 3 is 1.96 bits per heavy atom. The van der Waals surface area contributed by atoms with Crippen molar-refractivity contribution >= 4 is 82.1 Å². The molecule has 634 valence electrons. The number of ether oxygens (including phenoxy) is 6. The molecule has 35 nitrogen and oxygen atoms in total. The molecule has 0 aromatic heterocycles. The first-order chi connectivity index (χ1) is 56.5. The normalized spacial score (nSPS) is 25.5. The molecule has 5 heterocycles. The van der Waals surface area contributed by atoms with Crippen LogP contribution in [0.5, 0.6) is 46.0 Å². The van der Waals surface area contributed by atoms with Gasteiger partial charge in [-0.1, -0.05) is 114 Å². The van der Waals surface area contributed by atoms with Crippen LogP contribution >= 0.6 is 34.8 Å². The van der Waals surface area contributed by atoms with Crippen molar-refractivity contribution in [3.8, 4) is 68.2 Å². The van der Waals surface area contributed by atoms with Gasteiger partial charge in [0, 0.05) is 58.2 Å². The Labute approximate surface area is 696 Å². The van der Waals surface area contributed by atoms with E-state index >= 15 is 0 Å². The third kappa shape index (κ3) is 22.1. The lowest BCUT2D eigenvalue weighted by Crippen LogP contribution is -2.65. The number of para-hydroxylation sites is 1. The molecule has 119 heavy (non-hydrogen) atoms. The van der Waals surface area contributed by atoms with Crippen molar-refractivity contribution in [2.24, 2.45) is 16.8 Å². The Morgan fingerprint density at radius 2 is 1.35 bits per heavy atom. The van der Waals surface area contributed by atoms with E-state index in [-0.39, 0.29) is 75.0 Å². The number of amides is 7. The largest absolute Gasteiger partial charge is 0.508 e. The highest BCUT2D eigenvalue weighted by molar-refractivity contribution is 6.32. The molecule has 38 heteroatoms. The molecule has 0 radical (unpaired) electrons. The molecule has 5 aliphatic rings. The first kappa shape index (κ1) is 90.2. The summed E-state index contributed by atoms with van der Waals surface area (Å²) in [6.07, 6.45) is -18.1. The molecular formula is C81H91Cl3N12O23. The molecule has 17 atom stereocenters. The number of primary amides is 1. The van der Waals surface area contributed by atoms with Gasteiger partial charge in [0.1, 0.15) is 71.2 Å². The first-order valence-corrected chi connectivity index (χ1v) is 38.6. The molecule has 7 aromatic rings. The summed E-state index contributed by atoms with van der Waals surface area (Å²) in [5.74, 6) is -13.4. The summed E-state index contributed by atoms with van der Waals surface area (Å²) in [6.45, 7) is 7.78. The van der Waals surface area contributed by atoms with Gasteiger partial charge in [0.2, 0.25) is 53.4 Å². The van der Waals surface area contributed by atoms with E-state index in [4.69, 9.17) is 69.0 Å². The number of carboxylic acid groups (broad SMARTS) is 1. The number of benzene rings is 7.